The molecule has 18 heavy (non-hydrogen) atoms. The van der Waals surface area contributed by atoms with Crippen LogP contribution in [0.15, 0.2) is 24.3 Å². The highest BCUT2D eigenvalue weighted by atomic mass is 16.5. The number of methoxy groups -OCH3 is 2. The van der Waals surface area contributed by atoms with Crippen molar-refractivity contribution >= 4 is 11.9 Å². The fourth-order valence-electron chi connectivity index (χ4n) is 1.50. The van der Waals surface area contributed by atoms with Crippen molar-refractivity contribution in [2.24, 2.45) is 0 Å². The second kappa shape index (κ2) is 7.45. The average molecular weight is 251 g/mol. The van der Waals surface area contributed by atoms with Gasteiger partial charge in [0, 0.05) is 13.1 Å². The first kappa shape index (κ1) is 14.2. The van der Waals surface area contributed by atoms with Gasteiger partial charge in [-0.3, -0.25) is 4.79 Å². The predicted octanol–water partition coefficient (Wildman–Crippen LogP) is 1.13. The van der Waals surface area contributed by atoms with Crippen molar-refractivity contribution in [1.29, 1.82) is 0 Å². The summed E-state index contributed by atoms with van der Waals surface area (Å²) in [6, 6.07) is 7.19. The second-order valence-electron chi connectivity index (χ2n) is 3.65. The Hall–Kier alpha value is -1.88. The summed E-state index contributed by atoms with van der Waals surface area (Å²) >= 11 is 0. The van der Waals surface area contributed by atoms with Gasteiger partial charge in [-0.2, -0.15) is 0 Å². The molecule has 5 nitrogen and oxygen atoms in total. The van der Waals surface area contributed by atoms with E-state index in [0.717, 1.165) is 5.56 Å². The number of ether oxygens (including phenoxy) is 2. The summed E-state index contributed by atoms with van der Waals surface area (Å²) in [5, 5.41) is 3.08. The van der Waals surface area contributed by atoms with Crippen LogP contribution in [0.1, 0.15) is 22.3 Å². The Labute approximate surface area is 106 Å². The molecule has 0 aliphatic rings. The molecule has 0 aliphatic carbocycles. The van der Waals surface area contributed by atoms with Crippen molar-refractivity contribution < 1.29 is 19.1 Å². The Bertz CT molecular complexity index is 417. The zero-order valence-electron chi connectivity index (χ0n) is 10.6. The zero-order chi connectivity index (χ0) is 13.4. The summed E-state index contributed by atoms with van der Waals surface area (Å²) in [6.07, 6.45) is 0.302. The average Bonchev–Trinajstić information content (AvgIpc) is 2.42. The lowest BCUT2D eigenvalue weighted by atomic mass is 10.1. The number of rotatable bonds is 6. The van der Waals surface area contributed by atoms with E-state index in [1.54, 1.807) is 12.1 Å². The van der Waals surface area contributed by atoms with Gasteiger partial charge in [-0.25, -0.2) is 4.79 Å². The minimum Gasteiger partial charge on any atom is -0.469 e. The number of hydrogen-bond acceptors (Lipinski definition) is 5. The van der Waals surface area contributed by atoms with Crippen LogP contribution in [-0.2, 0) is 20.8 Å². The smallest absolute Gasteiger partial charge is 0.338 e. The molecule has 0 unspecified atom stereocenters. The third-order valence-corrected chi connectivity index (χ3v) is 2.47. The summed E-state index contributed by atoms with van der Waals surface area (Å²) in [5.74, 6) is -0.621. The first-order valence-corrected chi connectivity index (χ1v) is 5.62. The van der Waals surface area contributed by atoms with E-state index < -0.39 is 0 Å². The normalized spacial score (nSPS) is 9.89. The highest BCUT2D eigenvalue weighted by Crippen LogP contribution is 2.09. The van der Waals surface area contributed by atoms with Gasteiger partial charge in [-0.1, -0.05) is 18.2 Å². The number of nitrogens with one attached hydrogen (secondary N) is 1. The van der Waals surface area contributed by atoms with Gasteiger partial charge in [0.1, 0.15) is 0 Å². The highest BCUT2D eigenvalue weighted by molar-refractivity contribution is 5.90. The fourth-order valence-corrected chi connectivity index (χ4v) is 1.50. The van der Waals surface area contributed by atoms with Crippen molar-refractivity contribution in [3.05, 3.63) is 35.4 Å². The monoisotopic (exact) mass is 251 g/mol. The minimum atomic E-state index is -0.361. The van der Waals surface area contributed by atoms with E-state index in [1.165, 1.54) is 14.2 Å². The summed E-state index contributed by atoms with van der Waals surface area (Å²) < 4.78 is 9.23. The van der Waals surface area contributed by atoms with E-state index in [1.807, 2.05) is 12.1 Å². The molecular weight excluding hydrogens is 234 g/mol. The van der Waals surface area contributed by atoms with Crippen LogP contribution in [0.25, 0.3) is 0 Å². The van der Waals surface area contributed by atoms with Crippen LogP contribution in [0.2, 0.25) is 0 Å². The molecule has 1 aromatic rings. The molecule has 0 bridgehead atoms. The van der Waals surface area contributed by atoms with E-state index in [9.17, 15) is 9.59 Å². The largest absolute Gasteiger partial charge is 0.469 e. The van der Waals surface area contributed by atoms with Crippen molar-refractivity contribution in [2.45, 2.75) is 13.0 Å². The summed E-state index contributed by atoms with van der Waals surface area (Å²) in [5.41, 5.74) is 1.37. The summed E-state index contributed by atoms with van der Waals surface area (Å²) in [4.78, 5) is 22.4. The first-order valence-electron chi connectivity index (χ1n) is 5.62. The number of hydrogen-bond donors (Lipinski definition) is 1. The van der Waals surface area contributed by atoms with Crippen LogP contribution in [0.5, 0.6) is 0 Å². The maximum absolute atomic E-state index is 11.5. The third-order valence-electron chi connectivity index (χ3n) is 2.47. The SMILES string of the molecule is COC(=O)CCNCc1ccccc1C(=O)OC. The lowest BCUT2D eigenvalue weighted by Gasteiger charge is -2.08. The molecule has 1 N–H and O–H groups in total. The van der Waals surface area contributed by atoms with E-state index in [0.29, 0.717) is 25.1 Å². The number of benzene rings is 1. The van der Waals surface area contributed by atoms with Gasteiger partial charge in [-0.15, -0.1) is 0 Å². The first-order chi connectivity index (χ1) is 8.69. The van der Waals surface area contributed by atoms with Crippen LogP contribution in [0.4, 0.5) is 0 Å². The van der Waals surface area contributed by atoms with E-state index in [-0.39, 0.29) is 11.9 Å². The molecule has 0 spiro atoms. The van der Waals surface area contributed by atoms with Gasteiger partial charge in [0.2, 0.25) is 0 Å². The van der Waals surface area contributed by atoms with Crippen LogP contribution in [0, 0.1) is 0 Å². The molecule has 0 fully saturated rings. The van der Waals surface area contributed by atoms with Gasteiger partial charge >= 0.3 is 11.9 Å². The molecular formula is C13H17NO4. The molecule has 0 aromatic heterocycles. The standard InChI is InChI=1S/C13H17NO4/c1-17-12(15)7-8-14-9-10-5-3-4-6-11(10)13(16)18-2/h3-6,14H,7-9H2,1-2H3. The third kappa shape index (κ3) is 4.18. The molecule has 1 rings (SSSR count). The Balaban J connectivity index is 2.51. The van der Waals surface area contributed by atoms with Crippen molar-refractivity contribution in [2.75, 3.05) is 20.8 Å². The zero-order valence-corrected chi connectivity index (χ0v) is 10.6. The number of carbonyl (C=O) groups is 2. The Morgan fingerprint density at radius 1 is 1.17 bits per heavy atom. The molecule has 0 heterocycles. The van der Waals surface area contributed by atoms with Crippen molar-refractivity contribution in [1.82, 2.24) is 5.32 Å². The van der Waals surface area contributed by atoms with Gasteiger partial charge in [0.15, 0.2) is 0 Å². The highest BCUT2D eigenvalue weighted by Gasteiger charge is 2.10. The fraction of sp³-hybridized carbons (Fsp3) is 0.385. The van der Waals surface area contributed by atoms with E-state index in [2.05, 4.69) is 10.1 Å². The molecule has 1 aromatic carbocycles. The minimum absolute atomic E-state index is 0.260. The van der Waals surface area contributed by atoms with Crippen LogP contribution in [-0.4, -0.2) is 32.7 Å². The van der Waals surface area contributed by atoms with Gasteiger partial charge in [0.25, 0.3) is 0 Å². The maximum atomic E-state index is 11.5. The summed E-state index contributed by atoms with van der Waals surface area (Å²) in [6.45, 7) is 1.00. The Morgan fingerprint density at radius 2 is 1.89 bits per heavy atom. The quantitative estimate of drug-likeness (QED) is 0.606. The van der Waals surface area contributed by atoms with Crippen LogP contribution in [0.3, 0.4) is 0 Å². The topological polar surface area (TPSA) is 64.6 Å². The van der Waals surface area contributed by atoms with Crippen molar-refractivity contribution in [3.8, 4) is 0 Å². The van der Waals surface area contributed by atoms with E-state index >= 15 is 0 Å². The predicted molar refractivity (Wildman–Crippen MR) is 66.1 cm³/mol. The van der Waals surface area contributed by atoms with E-state index in [4.69, 9.17) is 4.74 Å². The molecule has 0 atom stereocenters. The van der Waals surface area contributed by atoms with Gasteiger partial charge in [0.05, 0.1) is 26.2 Å². The molecule has 98 valence electrons. The Kier molecular flexibility index (Phi) is 5.87. The summed E-state index contributed by atoms with van der Waals surface area (Å²) in [7, 11) is 2.71. The van der Waals surface area contributed by atoms with Gasteiger partial charge in [-0.05, 0) is 11.6 Å². The van der Waals surface area contributed by atoms with Gasteiger partial charge < -0.3 is 14.8 Å². The second-order valence-corrected chi connectivity index (χ2v) is 3.65. The molecule has 0 saturated heterocycles. The molecule has 0 amide bonds. The maximum Gasteiger partial charge on any atom is 0.338 e. The molecule has 0 saturated carbocycles. The number of esters is 2. The van der Waals surface area contributed by atoms with Crippen LogP contribution < -0.4 is 5.32 Å². The molecule has 5 heteroatoms. The number of carbonyl (C=O) groups excluding carboxylic acids is 2. The molecule has 0 aliphatic heterocycles. The lowest BCUT2D eigenvalue weighted by Crippen LogP contribution is -2.20. The molecule has 0 radical (unpaired) electrons. The van der Waals surface area contributed by atoms with Crippen LogP contribution >= 0.6 is 0 Å². The lowest BCUT2D eigenvalue weighted by molar-refractivity contribution is -0.140. The Morgan fingerprint density at radius 3 is 2.56 bits per heavy atom. The van der Waals surface area contributed by atoms with Crippen molar-refractivity contribution in [3.63, 3.8) is 0 Å².